The molecule has 3 N–H and O–H groups in total. The first-order chi connectivity index (χ1) is 8.06. The molecule has 0 heterocycles. The fourth-order valence-corrected chi connectivity index (χ4v) is 1.40. The van der Waals surface area contributed by atoms with Crippen molar-refractivity contribution in [2.75, 3.05) is 37.9 Å². The van der Waals surface area contributed by atoms with Crippen molar-refractivity contribution in [3.63, 3.8) is 0 Å². The van der Waals surface area contributed by atoms with Crippen molar-refractivity contribution in [2.45, 2.75) is 6.42 Å². The molecular weight excluding hydrogens is 220 g/mol. The van der Waals surface area contributed by atoms with E-state index in [0.717, 1.165) is 5.69 Å². The molecule has 0 aliphatic carbocycles. The molecule has 0 fully saturated rings. The molecule has 1 rings (SSSR count). The minimum absolute atomic E-state index is 0.00891. The van der Waals surface area contributed by atoms with Gasteiger partial charge in [-0.3, -0.25) is 0 Å². The van der Waals surface area contributed by atoms with E-state index in [1.54, 1.807) is 18.2 Å². The number of carbonyl (C=O) groups is 1. The van der Waals surface area contributed by atoms with Gasteiger partial charge in [0.15, 0.2) is 0 Å². The average molecular weight is 238 g/mol. The molecule has 17 heavy (non-hydrogen) atoms. The molecule has 0 aromatic heterocycles. The molecule has 0 saturated carbocycles. The molecule has 0 amide bonds. The lowest BCUT2D eigenvalue weighted by Gasteiger charge is -2.15. The molecule has 0 atom stereocenters. The summed E-state index contributed by atoms with van der Waals surface area (Å²) in [5, 5.41) is 8.57. The van der Waals surface area contributed by atoms with Crippen LogP contribution in [0.4, 0.5) is 11.4 Å². The third kappa shape index (κ3) is 3.64. The van der Waals surface area contributed by atoms with E-state index in [9.17, 15) is 4.79 Å². The van der Waals surface area contributed by atoms with E-state index >= 15 is 0 Å². The maximum absolute atomic E-state index is 11.6. The fourth-order valence-electron chi connectivity index (χ4n) is 1.40. The number of ether oxygens (including phenoxy) is 1. The summed E-state index contributed by atoms with van der Waals surface area (Å²) in [4.78, 5) is 13.5. The molecule has 0 saturated heterocycles. The number of aliphatic hydroxyl groups is 1. The monoisotopic (exact) mass is 238 g/mol. The summed E-state index contributed by atoms with van der Waals surface area (Å²) >= 11 is 0. The molecule has 0 bridgehead atoms. The molecular formula is C12H18N2O3. The number of nitrogens with two attached hydrogens (primary N) is 1. The lowest BCUT2D eigenvalue weighted by Crippen LogP contribution is -2.13. The highest BCUT2D eigenvalue weighted by atomic mass is 16.5. The summed E-state index contributed by atoms with van der Waals surface area (Å²) in [6, 6.07) is 5.04. The predicted octanol–water partition coefficient (Wildman–Crippen LogP) is 0.874. The highest BCUT2D eigenvalue weighted by molar-refractivity contribution is 5.92. The van der Waals surface area contributed by atoms with Crippen LogP contribution in [0.5, 0.6) is 0 Å². The highest BCUT2D eigenvalue weighted by Gasteiger charge is 2.10. The Balaban J connectivity index is 2.72. The molecule has 0 aliphatic rings. The summed E-state index contributed by atoms with van der Waals surface area (Å²) in [5.74, 6) is -0.421. The van der Waals surface area contributed by atoms with E-state index in [0.29, 0.717) is 17.7 Å². The van der Waals surface area contributed by atoms with Crippen LogP contribution in [-0.4, -0.2) is 38.4 Å². The van der Waals surface area contributed by atoms with Crippen LogP contribution >= 0.6 is 0 Å². The number of anilines is 2. The van der Waals surface area contributed by atoms with Crippen LogP contribution in [0.3, 0.4) is 0 Å². The maximum atomic E-state index is 11.6. The molecule has 0 unspecified atom stereocenters. The van der Waals surface area contributed by atoms with E-state index in [2.05, 4.69) is 0 Å². The van der Waals surface area contributed by atoms with Gasteiger partial charge in [-0.25, -0.2) is 4.79 Å². The normalized spacial score (nSPS) is 10.1. The van der Waals surface area contributed by atoms with Gasteiger partial charge >= 0.3 is 5.97 Å². The second-order valence-electron chi connectivity index (χ2n) is 3.88. The van der Waals surface area contributed by atoms with E-state index in [-0.39, 0.29) is 13.2 Å². The van der Waals surface area contributed by atoms with Crippen LogP contribution in [0.2, 0.25) is 0 Å². The summed E-state index contributed by atoms with van der Waals surface area (Å²) < 4.78 is 4.96. The van der Waals surface area contributed by atoms with Crippen molar-refractivity contribution in [3.05, 3.63) is 23.8 Å². The van der Waals surface area contributed by atoms with Gasteiger partial charge in [0.25, 0.3) is 0 Å². The molecule has 94 valence electrons. The molecule has 5 nitrogen and oxygen atoms in total. The number of nitrogen functional groups attached to an aromatic ring is 1. The second kappa shape index (κ2) is 6.10. The molecule has 0 radical (unpaired) electrons. The van der Waals surface area contributed by atoms with Gasteiger partial charge in [0.1, 0.15) is 0 Å². The number of esters is 1. The topological polar surface area (TPSA) is 75.8 Å². The predicted molar refractivity (Wildman–Crippen MR) is 67.2 cm³/mol. The summed E-state index contributed by atoms with van der Waals surface area (Å²) in [7, 11) is 3.76. The zero-order valence-electron chi connectivity index (χ0n) is 10.1. The Bertz CT molecular complexity index is 391. The van der Waals surface area contributed by atoms with Gasteiger partial charge in [0, 0.05) is 27.1 Å². The number of carbonyl (C=O) groups excluding carboxylic acids is 1. The van der Waals surface area contributed by atoms with Crippen LogP contribution in [0.15, 0.2) is 18.2 Å². The van der Waals surface area contributed by atoms with Gasteiger partial charge < -0.3 is 20.5 Å². The summed E-state index contributed by atoms with van der Waals surface area (Å²) in [5.41, 5.74) is 7.64. The molecule has 1 aromatic carbocycles. The first-order valence-electron chi connectivity index (χ1n) is 5.41. The molecule has 0 aliphatic heterocycles. The lowest BCUT2D eigenvalue weighted by molar-refractivity contribution is 0.0482. The zero-order chi connectivity index (χ0) is 12.8. The van der Waals surface area contributed by atoms with Gasteiger partial charge in [0.2, 0.25) is 0 Å². The van der Waals surface area contributed by atoms with Crippen molar-refractivity contribution in [1.82, 2.24) is 0 Å². The van der Waals surface area contributed by atoms with Crippen LogP contribution < -0.4 is 10.6 Å². The third-order valence-electron chi connectivity index (χ3n) is 2.28. The second-order valence-corrected chi connectivity index (χ2v) is 3.88. The molecule has 0 spiro atoms. The van der Waals surface area contributed by atoms with E-state index in [1.165, 1.54) is 0 Å². The summed E-state index contributed by atoms with van der Waals surface area (Å²) in [6.07, 6.45) is 0.441. The van der Waals surface area contributed by atoms with Gasteiger partial charge in [-0.05, 0) is 18.2 Å². The Morgan fingerprint density at radius 3 is 2.71 bits per heavy atom. The smallest absolute Gasteiger partial charge is 0.338 e. The van der Waals surface area contributed by atoms with Crippen LogP contribution in [0.1, 0.15) is 16.8 Å². The fraction of sp³-hybridized carbons (Fsp3) is 0.417. The minimum atomic E-state index is -0.421. The SMILES string of the molecule is CN(C)c1ccc(C(=O)OCCCO)cc1N. The van der Waals surface area contributed by atoms with Crippen molar-refractivity contribution in [3.8, 4) is 0 Å². The van der Waals surface area contributed by atoms with Crippen molar-refractivity contribution >= 4 is 17.3 Å². The van der Waals surface area contributed by atoms with Crippen molar-refractivity contribution in [1.29, 1.82) is 0 Å². The number of aliphatic hydroxyl groups excluding tert-OH is 1. The van der Waals surface area contributed by atoms with Crippen molar-refractivity contribution in [2.24, 2.45) is 0 Å². The van der Waals surface area contributed by atoms with Gasteiger partial charge in [-0.2, -0.15) is 0 Å². The lowest BCUT2D eigenvalue weighted by atomic mass is 10.1. The Hall–Kier alpha value is -1.75. The van der Waals surface area contributed by atoms with E-state index < -0.39 is 5.97 Å². The first-order valence-corrected chi connectivity index (χ1v) is 5.41. The number of hydrogen-bond donors (Lipinski definition) is 2. The van der Waals surface area contributed by atoms with Crippen LogP contribution in [0.25, 0.3) is 0 Å². The minimum Gasteiger partial charge on any atom is -0.462 e. The first kappa shape index (κ1) is 13.3. The highest BCUT2D eigenvalue weighted by Crippen LogP contribution is 2.22. The van der Waals surface area contributed by atoms with E-state index in [4.69, 9.17) is 15.6 Å². The number of benzene rings is 1. The van der Waals surface area contributed by atoms with Crippen LogP contribution in [-0.2, 0) is 4.74 Å². The number of hydrogen-bond acceptors (Lipinski definition) is 5. The maximum Gasteiger partial charge on any atom is 0.338 e. The average Bonchev–Trinajstić information content (AvgIpc) is 2.28. The van der Waals surface area contributed by atoms with Gasteiger partial charge in [-0.1, -0.05) is 0 Å². The Labute approximate surface area is 101 Å². The van der Waals surface area contributed by atoms with Crippen molar-refractivity contribution < 1.29 is 14.6 Å². The summed E-state index contributed by atoms with van der Waals surface area (Å²) in [6.45, 7) is 0.222. The molecule has 1 aromatic rings. The quantitative estimate of drug-likeness (QED) is 0.452. The zero-order valence-corrected chi connectivity index (χ0v) is 10.1. The Morgan fingerprint density at radius 1 is 1.47 bits per heavy atom. The largest absolute Gasteiger partial charge is 0.462 e. The van der Waals surface area contributed by atoms with Crippen LogP contribution in [0, 0.1) is 0 Å². The van der Waals surface area contributed by atoms with Gasteiger partial charge in [0.05, 0.1) is 23.5 Å². The van der Waals surface area contributed by atoms with Gasteiger partial charge in [-0.15, -0.1) is 0 Å². The number of nitrogens with zero attached hydrogens (tertiary/aromatic N) is 1. The molecule has 5 heteroatoms. The third-order valence-corrected chi connectivity index (χ3v) is 2.28. The standard InChI is InChI=1S/C12H18N2O3/c1-14(2)11-5-4-9(8-10(11)13)12(16)17-7-3-6-15/h4-5,8,15H,3,6-7,13H2,1-2H3. The Kier molecular flexibility index (Phi) is 4.78. The Morgan fingerprint density at radius 2 is 2.18 bits per heavy atom. The number of rotatable bonds is 5. The van der Waals surface area contributed by atoms with E-state index in [1.807, 2.05) is 19.0 Å².